The number of nitrogens with zero attached hydrogens (tertiary/aromatic N) is 1. The van der Waals surface area contributed by atoms with E-state index in [2.05, 4.69) is 23.2 Å². The highest BCUT2D eigenvalue weighted by Gasteiger charge is 2.25. The molecule has 1 aliphatic rings. The van der Waals surface area contributed by atoms with Crippen molar-refractivity contribution >= 4 is 5.82 Å². The van der Waals surface area contributed by atoms with Crippen LogP contribution >= 0.6 is 0 Å². The topological polar surface area (TPSA) is 73.2 Å². The van der Waals surface area contributed by atoms with Gasteiger partial charge in [-0.1, -0.05) is 11.6 Å². The number of methoxy groups -OCH3 is 1. The van der Waals surface area contributed by atoms with Crippen LogP contribution in [0.1, 0.15) is 30.0 Å². The lowest BCUT2D eigenvalue weighted by Crippen LogP contribution is -2.15. The Morgan fingerprint density at radius 2 is 2.10 bits per heavy atom. The molecule has 0 radical (unpaired) electrons. The number of ether oxygens (including phenoxy) is 2. The molecular formula is C16H21N3O2. The lowest BCUT2D eigenvalue weighted by atomic mass is 9.90. The van der Waals surface area contributed by atoms with Gasteiger partial charge in [-0.2, -0.15) is 5.10 Å². The van der Waals surface area contributed by atoms with Gasteiger partial charge in [0.2, 0.25) is 0 Å². The SMILES string of the molecule is COc1ccc(C)cc1-c1c(N)n[nH]c1C1CCOCC1. The van der Waals surface area contributed by atoms with E-state index in [9.17, 15) is 0 Å². The maximum absolute atomic E-state index is 6.12. The molecule has 5 heteroatoms. The van der Waals surface area contributed by atoms with Gasteiger partial charge in [-0.05, 0) is 31.9 Å². The van der Waals surface area contributed by atoms with Crippen LogP contribution in [-0.4, -0.2) is 30.5 Å². The molecule has 0 spiro atoms. The first-order chi connectivity index (χ1) is 10.2. The van der Waals surface area contributed by atoms with Crippen molar-refractivity contribution in [3.63, 3.8) is 0 Å². The molecule has 0 amide bonds. The number of hydrogen-bond acceptors (Lipinski definition) is 4. The van der Waals surface area contributed by atoms with E-state index in [1.165, 1.54) is 5.56 Å². The maximum atomic E-state index is 6.12. The largest absolute Gasteiger partial charge is 0.496 e. The van der Waals surface area contributed by atoms with E-state index in [0.29, 0.717) is 11.7 Å². The van der Waals surface area contributed by atoms with Crippen LogP contribution in [-0.2, 0) is 4.74 Å². The summed E-state index contributed by atoms with van der Waals surface area (Å²) in [6.07, 6.45) is 1.98. The van der Waals surface area contributed by atoms with Gasteiger partial charge in [-0.3, -0.25) is 5.10 Å². The van der Waals surface area contributed by atoms with Crippen LogP contribution in [0.3, 0.4) is 0 Å². The molecule has 1 saturated heterocycles. The van der Waals surface area contributed by atoms with Crippen molar-refractivity contribution in [2.45, 2.75) is 25.7 Å². The van der Waals surface area contributed by atoms with Gasteiger partial charge in [0.25, 0.3) is 0 Å². The second-order valence-corrected chi connectivity index (χ2v) is 5.49. The number of aryl methyl sites for hydroxylation is 1. The normalized spacial score (nSPS) is 16.1. The molecule has 5 nitrogen and oxygen atoms in total. The first kappa shape index (κ1) is 13.9. The molecular weight excluding hydrogens is 266 g/mol. The highest BCUT2D eigenvalue weighted by atomic mass is 16.5. The summed E-state index contributed by atoms with van der Waals surface area (Å²) >= 11 is 0. The van der Waals surface area contributed by atoms with Gasteiger partial charge >= 0.3 is 0 Å². The summed E-state index contributed by atoms with van der Waals surface area (Å²) in [7, 11) is 1.68. The maximum Gasteiger partial charge on any atom is 0.153 e. The number of hydrogen-bond donors (Lipinski definition) is 2. The van der Waals surface area contributed by atoms with Crippen molar-refractivity contribution in [2.24, 2.45) is 0 Å². The summed E-state index contributed by atoms with van der Waals surface area (Å²) in [5, 5.41) is 7.36. The summed E-state index contributed by atoms with van der Waals surface area (Å²) in [6.45, 7) is 3.63. The van der Waals surface area contributed by atoms with E-state index in [4.69, 9.17) is 15.2 Å². The van der Waals surface area contributed by atoms with Crippen molar-refractivity contribution in [1.29, 1.82) is 0 Å². The smallest absolute Gasteiger partial charge is 0.153 e. The highest BCUT2D eigenvalue weighted by molar-refractivity contribution is 5.81. The number of nitrogens with one attached hydrogen (secondary N) is 1. The van der Waals surface area contributed by atoms with Crippen molar-refractivity contribution in [3.05, 3.63) is 29.5 Å². The van der Waals surface area contributed by atoms with Gasteiger partial charge in [0, 0.05) is 30.4 Å². The Morgan fingerprint density at radius 1 is 1.33 bits per heavy atom. The minimum absolute atomic E-state index is 0.406. The predicted molar refractivity (Wildman–Crippen MR) is 82.5 cm³/mol. The predicted octanol–water partition coefficient (Wildman–Crippen LogP) is 2.87. The molecule has 112 valence electrons. The molecule has 2 heterocycles. The van der Waals surface area contributed by atoms with Crippen LogP contribution < -0.4 is 10.5 Å². The summed E-state index contributed by atoms with van der Waals surface area (Å²) in [5.74, 6) is 1.76. The number of aromatic nitrogens is 2. The number of aromatic amines is 1. The molecule has 2 aromatic rings. The van der Waals surface area contributed by atoms with E-state index >= 15 is 0 Å². The minimum atomic E-state index is 0.406. The van der Waals surface area contributed by atoms with E-state index in [-0.39, 0.29) is 0 Å². The van der Waals surface area contributed by atoms with Crippen LogP contribution in [0.2, 0.25) is 0 Å². The number of nitrogen functional groups attached to an aromatic ring is 1. The molecule has 21 heavy (non-hydrogen) atoms. The molecule has 1 aliphatic heterocycles. The third kappa shape index (κ3) is 2.61. The number of H-pyrrole nitrogens is 1. The van der Waals surface area contributed by atoms with Crippen molar-refractivity contribution in [3.8, 4) is 16.9 Å². The van der Waals surface area contributed by atoms with Gasteiger partial charge in [0.15, 0.2) is 5.82 Å². The van der Waals surface area contributed by atoms with Crippen LogP contribution in [0.25, 0.3) is 11.1 Å². The fourth-order valence-electron chi connectivity index (χ4n) is 2.95. The quantitative estimate of drug-likeness (QED) is 0.910. The zero-order chi connectivity index (χ0) is 14.8. The highest BCUT2D eigenvalue weighted by Crippen LogP contribution is 2.40. The lowest BCUT2D eigenvalue weighted by molar-refractivity contribution is 0.0846. The Labute approximate surface area is 124 Å². The number of anilines is 1. The van der Waals surface area contributed by atoms with Gasteiger partial charge < -0.3 is 15.2 Å². The Morgan fingerprint density at radius 3 is 2.81 bits per heavy atom. The van der Waals surface area contributed by atoms with E-state index in [1.807, 2.05) is 12.1 Å². The van der Waals surface area contributed by atoms with Crippen molar-refractivity contribution in [2.75, 3.05) is 26.1 Å². The second kappa shape index (κ2) is 5.77. The van der Waals surface area contributed by atoms with Crippen LogP contribution in [0.4, 0.5) is 5.82 Å². The third-order valence-electron chi connectivity index (χ3n) is 4.08. The van der Waals surface area contributed by atoms with Crippen LogP contribution in [0, 0.1) is 6.92 Å². The molecule has 0 unspecified atom stereocenters. The number of rotatable bonds is 3. The van der Waals surface area contributed by atoms with Gasteiger partial charge in [0.1, 0.15) is 5.75 Å². The third-order valence-corrected chi connectivity index (χ3v) is 4.08. The minimum Gasteiger partial charge on any atom is -0.496 e. The monoisotopic (exact) mass is 287 g/mol. The van der Waals surface area contributed by atoms with Crippen LogP contribution in [0.5, 0.6) is 5.75 Å². The summed E-state index contributed by atoms with van der Waals surface area (Å²) in [6, 6.07) is 6.11. The molecule has 1 aromatic heterocycles. The zero-order valence-corrected chi connectivity index (χ0v) is 12.5. The molecule has 3 rings (SSSR count). The molecule has 0 saturated carbocycles. The molecule has 0 atom stereocenters. The first-order valence-electron chi connectivity index (χ1n) is 7.27. The van der Waals surface area contributed by atoms with Gasteiger partial charge in [-0.15, -0.1) is 0 Å². The fraction of sp³-hybridized carbons (Fsp3) is 0.438. The number of nitrogens with two attached hydrogens (primary N) is 1. The number of benzene rings is 1. The zero-order valence-electron chi connectivity index (χ0n) is 12.5. The summed E-state index contributed by atoms with van der Waals surface area (Å²) in [5.41, 5.74) is 10.4. The summed E-state index contributed by atoms with van der Waals surface area (Å²) < 4.78 is 10.9. The van der Waals surface area contributed by atoms with Crippen LogP contribution in [0.15, 0.2) is 18.2 Å². The van der Waals surface area contributed by atoms with Crippen molar-refractivity contribution < 1.29 is 9.47 Å². The lowest BCUT2D eigenvalue weighted by Gasteiger charge is -2.22. The van der Waals surface area contributed by atoms with Gasteiger partial charge in [0.05, 0.1) is 12.7 Å². The van der Waals surface area contributed by atoms with E-state index < -0.39 is 0 Å². The molecule has 0 bridgehead atoms. The Hall–Kier alpha value is -2.01. The Bertz CT molecular complexity index is 630. The van der Waals surface area contributed by atoms with E-state index in [1.54, 1.807) is 7.11 Å². The first-order valence-corrected chi connectivity index (χ1v) is 7.27. The van der Waals surface area contributed by atoms with E-state index in [0.717, 1.165) is 48.6 Å². The molecule has 1 fully saturated rings. The molecule has 1 aromatic carbocycles. The van der Waals surface area contributed by atoms with Gasteiger partial charge in [-0.25, -0.2) is 0 Å². The fourth-order valence-corrected chi connectivity index (χ4v) is 2.95. The Kier molecular flexibility index (Phi) is 3.84. The average Bonchev–Trinajstić information content (AvgIpc) is 2.89. The summed E-state index contributed by atoms with van der Waals surface area (Å²) in [4.78, 5) is 0. The molecule has 0 aliphatic carbocycles. The average molecular weight is 287 g/mol. The standard InChI is InChI=1S/C16H21N3O2/c1-10-3-4-13(20-2)12(9-10)14-15(18-19-16(14)17)11-5-7-21-8-6-11/h3-4,9,11H,5-8H2,1-2H3,(H3,17,18,19). The Balaban J connectivity index is 2.09. The van der Waals surface area contributed by atoms with Crippen molar-refractivity contribution in [1.82, 2.24) is 10.2 Å². The molecule has 3 N–H and O–H groups in total. The second-order valence-electron chi connectivity index (χ2n) is 5.49.